The van der Waals surface area contributed by atoms with E-state index in [4.69, 9.17) is 16.3 Å². The number of anilines is 1. The monoisotopic (exact) mass is 355 g/mol. The third kappa shape index (κ3) is 2.93. The highest BCUT2D eigenvalue weighted by atomic mass is 35.5. The van der Waals surface area contributed by atoms with Crippen LogP contribution < -0.4 is 5.32 Å². The van der Waals surface area contributed by atoms with Gasteiger partial charge in [-0.1, -0.05) is 11.6 Å². The topological polar surface area (TPSA) is 133 Å². The van der Waals surface area contributed by atoms with Crippen LogP contribution in [0.25, 0.3) is 0 Å². The van der Waals surface area contributed by atoms with Crippen molar-refractivity contribution in [2.24, 2.45) is 0 Å². The summed E-state index contributed by atoms with van der Waals surface area (Å²) >= 11 is 5.94. The molecule has 9 heteroatoms. The predicted molar refractivity (Wildman–Crippen MR) is 83.7 cm³/mol. The first kappa shape index (κ1) is 17.8. The lowest BCUT2D eigenvalue weighted by atomic mass is 9.92. The van der Waals surface area contributed by atoms with E-state index in [1.165, 1.54) is 0 Å². The molecule has 8 nitrogen and oxygen atoms in total. The average molecular weight is 356 g/mol. The lowest BCUT2D eigenvalue weighted by Gasteiger charge is -2.22. The lowest BCUT2D eigenvalue weighted by molar-refractivity contribution is -0.144. The summed E-state index contributed by atoms with van der Waals surface area (Å²) in [6.45, 7) is 0.932. The van der Waals surface area contributed by atoms with E-state index >= 15 is 0 Å². The van der Waals surface area contributed by atoms with E-state index in [9.17, 15) is 29.7 Å². The van der Waals surface area contributed by atoms with Gasteiger partial charge in [0.25, 0.3) is 0 Å². The van der Waals surface area contributed by atoms with E-state index < -0.39 is 57.8 Å². The van der Waals surface area contributed by atoms with Crippen molar-refractivity contribution in [2.45, 2.75) is 13.0 Å². The molecular weight excluding hydrogens is 342 g/mol. The molecule has 1 aliphatic rings. The van der Waals surface area contributed by atoms with Crippen molar-refractivity contribution in [3.05, 3.63) is 28.3 Å². The number of carbonyl (C=O) groups excluding carboxylic acids is 3. The number of aromatic hydroxyl groups is 2. The second kappa shape index (κ2) is 6.90. The van der Waals surface area contributed by atoms with Crippen LogP contribution in [0.4, 0.5) is 5.69 Å². The Labute approximate surface area is 141 Å². The van der Waals surface area contributed by atoms with Crippen molar-refractivity contribution < 1.29 is 34.4 Å². The van der Waals surface area contributed by atoms with Crippen LogP contribution in [0.5, 0.6) is 11.5 Å². The SMILES string of the molecule is CCOC(=O)C(CO)Nc1c(O)c2c(c(O)c1Cl)C(=O)C=CC2=O. The summed E-state index contributed by atoms with van der Waals surface area (Å²) in [5, 5.41) is 31.6. The number of ether oxygens (including phenoxy) is 1. The van der Waals surface area contributed by atoms with E-state index in [1.807, 2.05) is 0 Å². The van der Waals surface area contributed by atoms with Crippen LogP contribution in [0.1, 0.15) is 27.6 Å². The van der Waals surface area contributed by atoms with Crippen LogP contribution in [-0.2, 0) is 9.53 Å². The van der Waals surface area contributed by atoms with E-state index in [2.05, 4.69) is 5.32 Å². The predicted octanol–water partition coefficient (Wildman–Crippen LogP) is 1.02. The zero-order valence-electron chi connectivity index (χ0n) is 12.5. The molecule has 0 saturated heterocycles. The minimum atomic E-state index is -1.30. The fourth-order valence-corrected chi connectivity index (χ4v) is 2.46. The first-order chi connectivity index (χ1) is 11.3. The number of fused-ring (bicyclic) bond motifs is 1. The zero-order valence-corrected chi connectivity index (χ0v) is 13.3. The van der Waals surface area contributed by atoms with Crippen molar-refractivity contribution in [2.75, 3.05) is 18.5 Å². The molecule has 128 valence electrons. The number of hydrogen-bond acceptors (Lipinski definition) is 8. The number of carbonyl (C=O) groups is 3. The fraction of sp³-hybridized carbons (Fsp3) is 0.267. The van der Waals surface area contributed by atoms with Crippen molar-refractivity contribution >= 4 is 34.8 Å². The maximum atomic E-state index is 11.9. The standard InChI is InChI=1S/C15H14ClNO7/c1-2-24-15(23)6(5-18)17-12-11(16)13(21)9-7(19)3-4-8(20)10(9)14(12)22/h3-4,6,17-18,21-22H,2,5H2,1H3. The molecule has 4 N–H and O–H groups in total. The number of aliphatic hydroxyl groups is 1. The molecule has 0 heterocycles. The molecule has 1 unspecified atom stereocenters. The van der Waals surface area contributed by atoms with E-state index in [-0.39, 0.29) is 12.3 Å². The van der Waals surface area contributed by atoms with E-state index in [0.29, 0.717) is 0 Å². The minimum absolute atomic E-state index is 0.0595. The van der Waals surface area contributed by atoms with Gasteiger partial charge in [0.15, 0.2) is 17.3 Å². The molecule has 0 amide bonds. The van der Waals surface area contributed by atoms with Gasteiger partial charge < -0.3 is 25.4 Å². The van der Waals surface area contributed by atoms with Gasteiger partial charge in [-0.2, -0.15) is 0 Å². The first-order valence-corrected chi connectivity index (χ1v) is 7.29. The fourth-order valence-electron chi connectivity index (χ4n) is 2.22. The highest BCUT2D eigenvalue weighted by Crippen LogP contribution is 2.46. The number of hydrogen-bond donors (Lipinski definition) is 4. The number of phenolic OH excluding ortho intramolecular Hbond substituents is 2. The van der Waals surface area contributed by atoms with Gasteiger partial charge in [-0.3, -0.25) is 9.59 Å². The van der Waals surface area contributed by atoms with Crippen LogP contribution in [0, 0.1) is 0 Å². The van der Waals surface area contributed by atoms with Gasteiger partial charge in [-0.25, -0.2) is 4.79 Å². The molecule has 0 aliphatic heterocycles. The van der Waals surface area contributed by atoms with Gasteiger partial charge in [0.1, 0.15) is 22.5 Å². The van der Waals surface area contributed by atoms with Crippen molar-refractivity contribution in [1.29, 1.82) is 0 Å². The minimum Gasteiger partial charge on any atom is -0.505 e. The van der Waals surface area contributed by atoms with Crippen molar-refractivity contribution in [3.63, 3.8) is 0 Å². The van der Waals surface area contributed by atoms with Gasteiger partial charge in [0, 0.05) is 0 Å². The molecule has 1 aromatic carbocycles. The van der Waals surface area contributed by atoms with Gasteiger partial charge in [-0.05, 0) is 19.1 Å². The summed E-state index contributed by atoms with van der Waals surface area (Å²) in [5.41, 5.74) is -1.23. The molecule has 0 spiro atoms. The number of rotatable bonds is 5. The summed E-state index contributed by atoms with van der Waals surface area (Å²) in [7, 11) is 0. The number of aliphatic hydroxyl groups excluding tert-OH is 1. The van der Waals surface area contributed by atoms with Gasteiger partial charge in [-0.15, -0.1) is 0 Å². The van der Waals surface area contributed by atoms with Crippen molar-refractivity contribution in [3.8, 4) is 11.5 Å². The molecule has 0 radical (unpaired) electrons. The van der Waals surface area contributed by atoms with Crippen LogP contribution in [0.3, 0.4) is 0 Å². The largest absolute Gasteiger partial charge is 0.505 e. The van der Waals surface area contributed by atoms with E-state index in [1.54, 1.807) is 6.92 Å². The molecule has 24 heavy (non-hydrogen) atoms. The second-order valence-corrected chi connectivity index (χ2v) is 5.21. The van der Waals surface area contributed by atoms with Crippen LogP contribution in [-0.4, -0.2) is 52.1 Å². The maximum absolute atomic E-state index is 11.9. The molecule has 1 aliphatic carbocycles. The number of ketones is 2. The Bertz CT molecular complexity index is 757. The number of halogens is 1. The lowest BCUT2D eigenvalue weighted by Crippen LogP contribution is -2.35. The van der Waals surface area contributed by atoms with Crippen LogP contribution >= 0.6 is 11.6 Å². The molecule has 0 aromatic heterocycles. The Morgan fingerprint density at radius 2 is 1.75 bits per heavy atom. The smallest absolute Gasteiger partial charge is 0.330 e. The third-order valence-electron chi connectivity index (χ3n) is 3.34. The Hall–Kier alpha value is -2.58. The summed E-state index contributed by atoms with van der Waals surface area (Å²) in [4.78, 5) is 35.5. The molecule has 0 fully saturated rings. The highest BCUT2D eigenvalue weighted by molar-refractivity contribution is 6.37. The van der Waals surface area contributed by atoms with Crippen LogP contribution in [0.15, 0.2) is 12.2 Å². The zero-order chi connectivity index (χ0) is 18.0. The number of nitrogens with one attached hydrogen (secondary N) is 1. The number of phenols is 2. The molecule has 1 atom stereocenters. The van der Waals surface area contributed by atoms with Gasteiger partial charge >= 0.3 is 5.97 Å². The summed E-state index contributed by atoms with van der Waals surface area (Å²) in [6, 6.07) is -1.30. The summed E-state index contributed by atoms with van der Waals surface area (Å²) < 4.78 is 4.75. The average Bonchev–Trinajstić information content (AvgIpc) is 2.55. The quantitative estimate of drug-likeness (QED) is 0.349. The Morgan fingerprint density at radius 1 is 1.21 bits per heavy atom. The Balaban J connectivity index is 2.55. The first-order valence-electron chi connectivity index (χ1n) is 6.91. The Morgan fingerprint density at radius 3 is 2.25 bits per heavy atom. The van der Waals surface area contributed by atoms with Gasteiger partial charge in [0.05, 0.1) is 24.3 Å². The number of benzene rings is 1. The molecule has 2 rings (SSSR count). The normalized spacial score (nSPS) is 14.3. The Kier molecular flexibility index (Phi) is 5.10. The summed E-state index contributed by atoms with van der Waals surface area (Å²) in [6.07, 6.45) is 1.89. The van der Waals surface area contributed by atoms with Crippen molar-refractivity contribution in [1.82, 2.24) is 0 Å². The highest BCUT2D eigenvalue weighted by Gasteiger charge is 2.33. The number of esters is 1. The molecule has 0 bridgehead atoms. The van der Waals surface area contributed by atoms with Crippen LogP contribution in [0.2, 0.25) is 5.02 Å². The summed E-state index contributed by atoms with van der Waals surface area (Å²) in [5.74, 6) is -3.66. The molecule has 1 aromatic rings. The number of allylic oxidation sites excluding steroid dienone is 2. The third-order valence-corrected chi connectivity index (χ3v) is 3.71. The van der Waals surface area contributed by atoms with Gasteiger partial charge in [0.2, 0.25) is 0 Å². The maximum Gasteiger partial charge on any atom is 0.330 e. The molecule has 0 saturated carbocycles. The van der Waals surface area contributed by atoms with E-state index in [0.717, 1.165) is 12.2 Å². The second-order valence-electron chi connectivity index (χ2n) is 4.83. The molecular formula is C15H14ClNO7.